The van der Waals surface area contributed by atoms with Gasteiger partial charge in [-0.15, -0.1) is 0 Å². The van der Waals surface area contributed by atoms with Crippen molar-refractivity contribution in [3.63, 3.8) is 0 Å². The molecule has 0 unspecified atom stereocenters. The van der Waals surface area contributed by atoms with Gasteiger partial charge in [-0.05, 0) is 66.4 Å². The highest BCUT2D eigenvalue weighted by Gasteiger charge is 2.02. The second-order valence-electron chi connectivity index (χ2n) is 6.80. The zero-order chi connectivity index (χ0) is 20.6. The number of halogens is 2. The minimum Gasteiger partial charge on any atom is -0.207 e. The first kappa shape index (κ1) is 20.4. The van der Waals surface area contributed by atoms with Crippen LogP contribution in [0.5, 0.6) is 0 Å². The first-order valence-corrected chi connectivity index (χ1v) is 9.80. The van der Waals surface area contributed by atoms with Crippen LogP contribution >= 0.6 is 0 Å². The first-order valence-electron chi connectivity index (χ1n) is 9.80. The number of aryl methyl sites for hydroxylation is 2. The Hall–Kier alpha value is -3.36. The molecule has 0 atom stereocenters. The zero-order valence-electron chi connectivity index (χ0n) is 16.7. The Labute approximate surface area is 171 Å². The quantitative estimate of drug-likeness (QED) is 0.466. The topological polar surface area (TPSA) is 0 Å². The van der Waals surface area contributed by atoms with Crippen molar-refractivity contribution in [3.05, 3.63) is 106 Å². The molecule has 0 fully saturated rings. The summed E-state index contributed by atoms with van der Waals surface area (Å²) in [5.74, 6) is 11.0. The summed E-state index contributed by atoms with van der Waals surface area (Å²) in [6.07, 6.45) is 2.57. The van der Waals surface area contributed by atoms with Crippen molar-refractivity contribution in [2.24, 2.45) is 0 Å². The molecule has 0 amide bonds. The van der Waals surface area contributed by atoms with E-state index in [9.17, 15) is 8.78 Å². The summed E-state index contributed by atoms with van der Waals surface area (Å²) < 4.78 is 28.4. The summed E-state index contributed by atoms with van der Waals surface area (Å²) in [4.78, 5) is 0. The van der Waals surface area contributed by atoms with Gasteiger partial charge in [-0.1, -0.05) is 62.1 Å². The molecule has 0 aliphatic rings. The highest BCUT2D eigenvalue weighted by atomic mass is 19.1. The smallest absolute Gasteiger partial charge is 0.140 e. The molecule has 3 aromatic carbocycles. The van der Waals surface area contributed by atoms with Crippen LogP contribution in [0.15, 0.2) is 60.7 Å². The first-order chi connectivity index (χ1) is 14.1. The van der Waals surface area contributed by atoms with E-state index in [2.05, 4.69) is 30.6 Å². The third kappa shape index (κ3) is 5.56. The number of hydrogen-bond donors (Lipinski definition) is 0. The van der Waals surface area contributed by atoms with E-state index in [-0.39, 0.29) is 5.82 Å². The molecule has 0 heterocycles. The molecule has 0 saturated heterocycles. The van der Waals surface area contributed by atoms with Crippen LogP contribution in [0, 0.1) is 35.3 Å². The van der Waals surface area contributed by atoms with E-state index >= 15 is 0 Å². The van der Waals surface area contributed by atoms with E-state index in [4.69, 9.17) is 0 Å². The van der Waals surface area contributed by atoms with E-state index in [1.54, 1.807) is 24.3 Å². The largest absolute Gasteiger partial charge is 0.207 e. The fourth-order valence-corrected chi connectivity index (χ4v) is 2.90. The summed E-state index contributed by atoms with van der Waals surface area (Å²) in [7, 11) is 0. The van der Waals surface area contributed by atoms with E-state index in [0.29, 0.717) is 28.7 Å². The van der Waals surface area contributed by atoms with E-state index in [1.807, 2.05) is 31.2 Å². The molecular weight excluding hydrogens is 362 g/mol. The lowest BCUT2D eigenvalue weighted by Crippen LogP contribution is -1.90. The third-order valence-corrected chi connectivity index (χ3v) is 4.60. The molecule has 0 N–H and O–H groups in total. The predicted octanol–water partition coefficient (Wildman–Crippen LogP) is 6.28. The Morgan fingerprint density at radius 2 is 1.24 bits per heavy atom. The Kier molecular flexibility index (Phi) is 6.83. The number of hydrogen-bond acceptors (Lipinski definition) is 0. The van der Waals surface area contributed by atoms with Gasteiger partial charge in [0.2, 0.25) is 0 Å². The van der Waals surface area contributed by atoms with Crippen LogP contribution in [0.3, 0.4) is 0 Å². The molecule has 0 spiro atoms. The molecule has 144 valence electrons. The summed E-state index contributed by atoms with van der Waals surface area (Å²) in [6.45, 7) is 4.11. The van der Waals surface area contributed by atoms with Crippen LogP contribution in [0.4, 0.5) is 8.78 Å². The van der Waals surface area contributed by atoms with Crippen LogP contribution in [-0.2, 0) is 12.8 Å². The predicted molar refractivity (Wildman–Crippen MR) is 115 cm³/mol. The zero-order valence-corrected chi connectivity index (χ0v) is 16.7. The molecule has 0 aliphatic carbocycles. The molecule has 3 aromatic rings. The van der Waals surface area contributed by atoms with Gasteiger partial charge in [-0.25, -0.2) is 8.78 Å². The fourth-order valence-electron chi connectivity index (χ4n) is 2.90. The number of rotatable bonds is 3. The summed E-state index contributed by atoms with van der Waals surface area (Å²) in [6, 6.07) is 17.6. The van der Waals surface area contributed by atoms with Crippen LogP contribution < -0.4 is 0 Å². The molecule has 0 radical (unpaired) electrons. The second kappa shape index (κ2) is 9.72. The van der Waals surface area contributed by atoms with Gasteiger partial charge in [-0.3, -0.25) is 0 Å². The maximum absolute atomic E-state index is 14.4. The van der Waals surface area contributed by atoms with Gasteiger partial charge in [0.15, 0.2) is 0 Å². The Balaban J connectivity index is 1.76. The summed E-state index contributed by atoms with van der Waals surface area (Å²) in [5, 5.41) is 0. The summed E-state index contributed by atoms with van der Waals surface area (Å²) in [5.41, 5.74) is 4.20. The molecule has 0 saturated carbocycles. The maximum atomic E-state index is 14.4. The second-order valence-corrected chi connectivity index (χ2v) is 6.80. The average Bonchev–Trinajstić information content (AvgIpc) is 2.74. The molecule has 0 bridgehead atoms. The average molecular weight is 384 g/mol. The van der Waals surface area contributed by atoms with Gasteiger partial charge >= 0.3 is 0 Å². The highest BCUT2D eigenvalue weighted by Crippen LogP contribution is 2.13. The normalized spacial score (nSPS) is 9.93. The lowest BCUT2D eigenvalue weighted by molar-refractivity contribution is 0.607. The minimum absolute atomic E-state index is 0.248. The van der Waals surface area contributed by atoms with Gasteiger partial charge < -0.3 is 0 Å². The van der Waals surface area contributed by atoms with E-state index < -0.39 is 5.82 Å². The Morgan fingerprint density at radius 1 is 0.655 bits per heavy atom. The molecule has 0 aromatic heterocycles. The van der Waals surface area contributed by atoms with Crippen LogP contribution in [0.2, 0.25) is 0 Å². The van der Waals surface area contributed by atoms with Gasteiger partial charge in [-0.2, -0.15) is 0 Å². The van der Waals surface area contributed by atoms with Crippen molar-refractivity contribution in [3.8, 4) is 23.7 Å². The molecule has 3 rings (SSSR count). The van der Waals surface area contributed by atoms with Crippen molar-refractivity contribution < 1.29 is 8.78 Å². The van der Waals surface area contributed by atoms with Crippen LogP contribution in [0.25, 0.3) is 0 Å². The molecular formula is C27H22F2. The standard InChI is InChI=1S/C27H22F2/c1-3-5-24-16-13-22(18-26(24)28)10-11-23-14-17-25(27(29)19-23)15-12-21-8-6-20(4-2)7-9-21/h6-9,13-14,16-19H,3-5H2,1-2H3. The third-order valence-electron chi connectivity index (χ3n) is 4.60. The SMILES string of the molecule is CCCc1ccc(C#Cc2ccc(C#Cc3ccc(CC)cc3)c(F)c2)cc1F. The lowest BCUT2D eigenvalue weighted by atomic mass is 10.1. The Morgan fingerprint density at radius 3 is 1.83 bits per heavy atom. The van der Waals surface area contributed by atoms with Crippen molar-refractivity contribution >= 4 is 0 Å². The number of benzene rings is 3. The summed E-state index contributed by atoms with van der Waals surface area (Å²) >= 11 is 0. The fraction of sp³-hybridized carbons (Fsp3) is 0.185. The van der Waals surface area contributed by atoms with E-state index in [0.717, 1.165) is 18.4 Å². The minimum atomic E-state index is -0.418. The van der Waals surface area contributed by atoms with Crippen molar-refractivity contribution in [2.45, 2.75) is 33.1 Å². The molecule has 29 heavy (non-hydrogen) atoms. The van der Waals surface area contributed by atoms with E-state index in [1.165, 1.54) is 17.7 Å². The van der Waals surface area contributed by atoms with Gasteiger partial charge in [0.1, 0.15) is 11.6 Å². The monoisotopic (exact) mass is 384 g/mol. The molecule has 0 aliphatic heterocycles. The molecule has 0 nitrogen and oxygen atoms in total. The maximum Gasteiger partial charge on any atom is 0.140 e. The van der Waals surface area contributed by atoms with Crippen molar-refractivity contribution in [2.75, 3.05) is 0 Å². The highest BCUT2D eigenvalue weighted by molar-refractivity contribution is 5.49. The van der Waals surface area contributed by atoms with Crippen LogP contribution in [0.1, 0.15) is 53.6 Å². The van der Waals surface area contributed by atoms with Gasteiger partial charge in [0, 0.05) is 16.7 Å². The van der Waals surface area contributed by atoms with Crippen LogP contribution in [-0.4, -0.2) is 0 Å². The Bertz CT molecular complexity index is 1120. The van der Waals surface area contributed by atoms with Gasteiger partial charge in [0.05, 0.1) is 5.56 Å². The molecule has 2 heteroatoms. The van der Waals surface area contributed by atoms with Gasteiger partial charge in [0.25, 0.3) is 0 Å². The lowest BCUT2D eigenvalue weighted by Gasteiger charge is -2.01. The van der Waals surface area contributed by atoms with Crippen molar-refractivity contribution in [1.82, 2.24) is 0 Å². The van der Waals surface area contributed by atoms with Crippen molar-refractivity contribution in [1.29, 1.82) is 0 Å².